The first-order valence-corrected chi connectivity index (χ1v) is 6.05. The van der Waals surface area contributed by atoms with Gasteiger partial charge in [0.15, 0.2) is 0 Å². The second-order valence-corrected chi connectivity index (χ2v) is 5.02. The molecule has 1 N–H and O–H groups in total. The number of Topliss-reactive ketones (excluding diaryl/α,β-unsaturated/α-hetero) is 1. The number of halogens is 1. The summed E-state index contributed by atoms with van der Waals surface area (Å²) in [6.07, 6.45) is 0.740. The molecule has 80 valence electrons. The van der Waals surface area contributed by atoms with Crippen molar-refractivity contribution in [3.05, 3.63) is 28.8 Å². The number of fused-ring (bicyclic) bond motifs is 1. The average molecular weight is 242 g/mol. The van der Waals surface area contributed by atoms with Gasteiger partial charge in [-0.05, 0) is 43.0 Å². The summed E-state index contributed by atoms with van der Waals surface area (Å²) in [5.74, 6) is 0.259. The zero-order chi connectivity index (χ0) is 10.8. The summed E-state index contributed by atoms with van der Waals surface area (Å²) in [4.78, 5) is 12.5. The van der Waals surface area contributed by atoms with Crippen LogP contribution >= 0.6 is 23.5 Å². The third-order valence-corrected chi connectivity index (χ3v) is 3.88. The van der Waals surface area contributed by atoms with Gasteiger partial charge in [0.05, 0.1) is 0 Å². The largest absolute Gasteiger partial charge is 0.300 e. The Morgan fingerprint density at radius 3 is 3.13 bits per heavy atom. The molecule has 0 spiro atoms. The Balaban J connectivity index is 2.35. The maximum Gasteiger partial charge on any atom is 0.134 e. The molecule has 1 atom stereocenters. The lowest BCUT2D eigenvalue weighted by molar-refractivity contribution is -0.120. The summed E-state index contributed by atoms with van der Waals surface area (Å²) in [5, 5.41) is 0.759. The number of benzene rings is 1. The summed E-state index contributed by atoms with van der Waals surface area (Å²) < 4.78 is 3.20. The molecule has 0 radical (unpaired) electrons. The van der Waals surface area contributed by atoms with E-state index in [4.69, 9.17) is 11.6 Å². The van der Waals surface area contributed by atoms with Gasteiger partial charge in [0.1, 0.15) is 5.78 Å². The van der Waals surface area contributed by atoms with E-state index in [-0.39, 0.29) is 11.7 Å². The second-order valence-electron chi connectivity index (χ2n) is 3.68. The van der Waals surface area contributed by atoms with Crippen molar-refractivity contribution >= 4 is 29.3 Å². The molecule has 15 heavy (non-hydrogen) atoms. The van der Waals surface area contributed by atoms with Crippen LogP contribution < -0.4 is 4.72 Å². The van der Waals surface area contributed by atoms with Crippen molar-refractivity contribution in [2.24, 2.45) is 5.92 Å². The topological polar surface area (TPSA) is 29.1 Å². The Labute approximate surface area is 98.5 Å². The van der Waals surface area contributed by atoms with Crippen LogP contribution in [0.2, 0.25) is 5.02 Å². The second kappa shape index (κ2) is 4.56. The van der Waals surface area contributed by atoms with E-state index in [9.17, 15) is 4.79 Å². The molecule has 1 aromatic rings. The molecule has 0 aromatic heterocycles. The lowest BCUT2D eigenvalue weighted by Crippen LogP contribution is -2.23. The molecule has 1 aliphatic rings. The van der Waals surface area contributed by atoms with Crippen LogP contribution in [0, 0.1) is 5.92 Å². The van der Waals surface area contributed by atoms with Crippen molar-refractivity contribution in [2.45, 2.75) is 18.2 Å². The van der Waals surface area contributed by atoms with Crippen LogP contribution in [0.5, 0.6) is 0 Å². The molecule has 1 heterocycles. The van der Waals surface area contributed by atoms with Gasteiger partial charge in [0.25, 0.3) is 0 Å². The molecule has 2 nitrogen and oxygen atoms in total. The Morgan fingerprint density at radius 1 is 1.60 bits per heavy atom. The van der Waals surface area contributed by atoms with Crippen LogP contribution in [0.3, 0.4) is 0 Å². The summed E-state index contributed by atoms with van der Waals surface area (Å²) in [6.45, 7) is 2.35. The zero-order valence-corrected chi connectivity index (χ0v) is 9.99. The van der Waals surface area contributed by atoms with Gasteiger partial charge in [-0.15, -0.1) is 0 Å². The molecule has 4 heteroatoms. The number of rotatable bonds is 1. The van der Waals surface area contributed by atoms with Crippen LogP contribution in [0.15, 0.2) is 23.1 Å². The number of carbonyl (C=O) groups is 1. The number of hydrogen-bond donors (Lipinski definition) is 1. The van der Waals surface area contributed by atoms with Crippen molar-refractivity contribution in [1.29, 1.82) is 0 Å². The van der Waals surface area contributed by atoms with Crippen LogP contribution in [0.4, 0.5) is 0 Å². The van der Waals surface area contributed by atoms with E-state index >= 15 is 0 Å². The summed E-state index contributed by atoms with van der Waals surface area (Å²) in [5.41, 5.74) is 1.09. The van der Waals surface area contributed by atoms with Gasteiger partial charge >= 0.3 is 0 Å². The molecular weight excluding hydrogens is 230 g/mol. The molecule has 1 aliphatic heterocycles. The van der Waals surface area contributed by atoms with Crippen molar-refractivity contribution < 1.29 is 4.79 Å². The highest BCUT2D eigenvalue weighted by atomic mass is 35.5. The smallest absolute Gasteiger partial charge is 0.134 e. The zero-order valence-electron chi connectivity index (χ0n) is 8.42. The fourth-order valence-corrected chi connectivity index (χ4v) is 2.87. The third kappa shape index (κ3) is 2.36. The summed E-state index contributed by atoms with van der Waals surface area (Å²) >= 11 is 7.69. The summed E-state index contributed by atoms with van der Waals surface area (Å²) in [6, 6.07) is 5.84. The van der Waals surface area contributed by atoms with Crippen LogP contribution in [-0.2, 0) is 11.2 Å². The first-order chi connectivity index (χ1) is 7.18. The predicted octanol–water partition coefficient (Wildman–Crippen LogP) is 2.70. The van der Waals surface area contributed by atoms with Gasteiger partial charge in [-0.2, -0.15) is 0 Å². The molecule has 1 unspecified atom stereocenters. The fraction of sp³-hybridized carbons (Fsp3) is 0.364. The standard InChI is InChI=1S/C11H12ClNOS/c1-7(14)8-5-9-10(12)3-2-4-11(9)15-13-6-8/h2-4,8,13H,5-6H2,1H3. The maximum atomic E-state index is 11.4. The van der Waals surface area contributed by atoms with E-state index in [1.807, 2.05) is 18.2 Å². The van der Waals surface area contributed by atoms with Crippen molar-refractivity contribution in [2.75, 3.05) is 6.54 Å². The van der Waals surface area contributed by atoms with Gasteiger partial charge < -0.3 is 0 Å². The van der Waals surface area contributed by atoms with Crippen molar-refractivity contribution in [3.8, 4) is 0 Å². The normalized spacial score (nSPS) is 20.5. The van der Waals surface area contributed by atoms with Gasteiger partial charge in [-0.1, -0.05) is 17.7 Å². The lowest BCUT2D eigenvalue weighted by Gasteiger charge is -2.10. The third-order valence-electron chi connectivity index (χ3n) is 2.61. The molecule has 0 fully saturated rings. The van der Waals surface area contributed by atoms with Gasteiger partial charge in [0.2, 0.25) is 0 Å². The van der Waals surface area contributed by atoms with Crippen molar-refractivity contribution in [1.82, 2.24) is 4.72 Å². The van der Waals surface area contributed by atoms with E-state index in [1.54, 1.807) is 18.9 Å². The molecule has 1 aromatic carbocycles. The SMILES string of the molecule is CC(=O)C1CNSc2cccc(Cl)c2C1. The van der Waals surface area contributed by atoms with E-state index in [2.05, 4.69) is 4.72 Å². The molecule has 0 amide bonds. The van der Waals surface area contributed by atoms with Gasteiger partial charge in [-0.25, -0.2) is 0 Å². The van der Waals surface area contributed by atoms with E-state index < -0.39 is 0 Å². The van der Waals surface area contributed by atoms with Crippen molar-refractivity contribution in [3.63, 3.8) is 0 Å². The van der Waals surface area contributed by atoms with E-state index in [1.165, 1.54) is 0 Å². The number of carbonyl (C=O) groups excluding carboxylic acids is 1. The molecule has 0 saturated heterocycles. The maximum absolute atomic E-state index is 11.4. The number of hydrogen-bond acceptors (Lipinski definition) is 3. The highest BCUT2D eigenvalue weighted by Crippen LogP contribution is 2.31. The van der Waals surface area contributed by atoms with Crippen LogP contribution in [0.1, 0.15) is 12.5 Å². The van der Waals surface area contributed by atoms with Crippen LogP contribution in [0.25, 0.3) is 0 Å². The highest BCUT2D eigenvalue weighted by Gasteiger charge is 2.21. The molecule has 0 bridgehead atoms. The minimum Gasteiger partial charge on any atom is -0.300 e. The monoisotopic (exact) mass is 241 g/mol. The van der Waals surface area contributed by atoms with Gasteiger partial charge in [0, 0.05) is 22.4 Å². The lowest BCUT2D eigenvalue weighted by atomic mass is 9.96. The minimum atomic E-state index is 0.0404. The van der Waals surface area contributed by atoms with Gasteiger partial charge in [-0.3, -0.25) is 9.52 Å². The first-order valence-electron chi connectivity index (χ1n) is 4.86. The Morgan fingerprint density at radius 2 is 2.40 bits per heavy atom. The highest BCUT2D eigenvalue weighted by molar-refractivity contribution is 7.97. The minimum absolute atomic E-state index is 0.0404. The number of nitrogens with one attached hydrogen (secondary N) is 1. The molecule has 0 saturated carbocycles. The molecular formula is C11H12ClNOS. The Bertz CT molecular complexity index is 394. The predicted molar refractivity (Wildman–Crippen MR) is 63.2 cm³/mol. The Hall–Kier alpha value is -0.510. The fourth-order valence-electron chi connectivity index (χ4n) is 1.66. The van der Waals surface area contributed by atoms with E-state index in [0.717, 1.165) is 21.9 Å². The summed E-state index contributed by atoms with van der Waals surface area (Å²) in [7, 11) is 0. The Kier molecular flexibility index (Phi) is 3.34. The molecule has 0 aliphatic carbocycles. The number of ketones is 1. The van der Waals surface area contributed by atoms with E-state index in [0.29, 0.717) is 6.54 Å². The first kappa shape index (κ1) is 11.0. The average Bonchev–Trinajstić information content (AvgIpc) is 2.40. The quantitative estimate of drug-likeness (QED) is 0.767. The molecule has 2 rings (SSSR count). The van der Waals surface area contributed by atoms with Crippen LogP contribution in [-0.4, -0.2) is 12.3 Å².